The molecule has 0 amide bonds. The second-order valence-electron chi connectivity index (χ2n) is 5.70. The highest BCUT2D eigenvalue weighted by Crippen LogP contribution is 2.36. The van der Waals surface area contributed by atoms with Gasteiger partial charge in [-0.3, -0.25) is 0 Å². The highest BCUT2D eigenvalue weighted by Gasteiger charge is 2.26. The Morgan fingerprint density at radius 2 is 2.00 bits per heavy atom. The van der Waals surface area contributed by atoms with Crippen molar-refractivity contribution in [3.05, 3.63) is 90.2 Å². The quantitative estimate of drug-likeness (QED) is 0.841. The molecule has 22 heavy (non-hydrogen) atoms. The molecule has 1 aliphatic heterocycles. The molecule has 0 saturated carbocycles. The standard InChI is InChI=1S/C20H22N2/c1-4-15(2)22-13-17-12-18(21-3)10-11-19(17)20(14-22)16-8-6-5-7-9-16/h4-12,20-21H,1-2,13-14H2,3H3. The fourth-order valence-electron chi connectivity index (χ4n) is 3.15. The van der Waals surface area contributed by atoms with Gasteiger partial charge in [0, 0.05) is 37.4 Å². The van der Waals surface area contributed by atoms with Crippen molar-refractivity contribution < 1.29 is 0 Å². The van der Waals surface area contributed by atoms with Crippen LogP contribution < -0.4 is 5.32 Å². The zero-order valence-electron chi connectivity index (χ0n) is 13.0. The molecule has 0 fully saturated rings. The number of nitrogens with zero attached hydrogens (tertiary/aromatic N) is 1. The van der Waals surface area contributed by atoms with Gasteiger partial charge in [-0.25, -0.2) is 0 Å². The van der Waals surface area contributed by atoms with Gasteiger partial charge in [0.2, 0.25) is 0 Å². The van der Waals surface area contributed by atoms with Crippen molar-refractivity contribution in [3.63, 3.8) is 0 Å². The second-order valence-corrected chi connectivity index (χ2v) is 5.70. The lowest BCUT2D eigenvalue weighted by Gasteiger charge is -2.37. The number of allylic oxidation sites excluding steroid dienone is 1. The molecule has 1 aliphatic rings. The molecule has 0 aromatic heterocycles. The van der Waals surface area contributed by atoms with Crippen molar-refractivity contribution in [1.82, 2.24) is 4.90 Å². The maximum atomic E-state index is 4.13. The van der Waals surface area contributed by atoms with E-state index in [0.717, 1.165) is 24.5 Å². The molecule has 0 spiro atoms. The summed E-state index contributed by atoms with van der Waals surface area (Å²) in [6, 6.07) is 17.4. The molecule has 3 rings (SSSR count). The van der Waals surface area contributed by atoms with E-state index < -0.39 is 0 Å². The fourth-order valence-corrected chi connectivity index (χ4v) is 3.15. The van der Waals surface area contributed by atoms with Crippen LogP contribution in [0.4, 0.5) is 5.69 Å². The molecule has 1 atom stereocenters. The summed E-state index contributed by atoms with van der Waals surface area (Å²) in [6.07, 6.45) is 1.84. The normalized spacial score (nSPS) is 16.8. The minimum atomic E-state index is 0.368. The smallest absolute Gasteiger partial charge is 0.0433 e. The van der Waals surface area contributed by atoms with Gasteiger partial charge in [-0.2, -0.15) is 0 Å². The van der Waals surface area contributed by atoms with Crippen molar-refractivity contribution in [2.24, 2.45) is 0 Å². The summed E-state index contributed by atoms with van der Waals surface area (Å²) in [7, 11) is 1.96. The predicted molar refractivity (Wildman–Crippen MR) is 94.0 cm³/mol. The van der Waals surface area contributed by atoms with Crippen molar-refractivity contribution >= 4 is 5.69 Å². The monoisotopic (exact) mass is 290 g/mol. The van der Waals surface area contributed by atoms with Crippen LogP contribution in [0.15, 0.2) is 73.5 Å². The molecule has 112 valence electrons. The van der Waals surface area contributed by atoms with E-state index in [1.807, 2.05) is 13.1 Å². The molecule has 0 aliphatic carbocycles. The molecule has 0 bridgehead atoms. The fraction of sp³-hybridized carbons (Fsp3) is 0.200. The number of benzene rings is 2. The van der Waals surface area contributed by atoms with Crippen LogP contribution in [-0.2, 0) is 6.54 Å². The molecule has 0 radical (unpaired) electrons. The minimum absolute atomic E-state index is 0.368. The van der Waals surface area contributed by atoms with Crippen molar-refractivity contribution in [2.45, 2.75) is 12.5 Å². The average Bonchev–Trinajstić information content (AvgIpc) is 2.60. The lowest BCUT2D eigenvalue weighted by atomic mass is 9.84. The number of anilines is 1. The van der Waals surface area contributed by atoms with Crippen LogP contribution in [-0.4, -0.2) is 18.5 Å². The Bertz CT molecular complexity index is 688. The molecule has 0 saturated heterocycles. The summed E-state index contributed by atoms with van der Waals surface area (Å²) in [5, 5.41) is 3.23. The Labute approximate surface area is 132 Å². The highest BCUT2D eigenvalue weighted by atomic mass is 15.1. The van der Waals surface area contributed by atoms with Crippen LogP contribution in [0.25, 0.3) is 0 Å². The largest absolute Gasteiger partial charge is 0.388 e. The third-order valence-electron chi connectivity index (χ3n) is 4.41. The van der Waals surface area contributed by atoms with Crippen molar-refractivity contribution in [3.8, 4) is 0 Å². The van der Waals surface area contributed by atoms with Gasteiger partial charge >= 0.3 is 0 Å². The molecule has 1 N–H and O–H groups in total. The molecule has 1 heterocycles. The van der Waals surface area contributed by atoms with E-state index in [1.165, 1.54) is 16.7 Å². The lowest BCUT2D eigenvalue weighted by Crippen LogP contribution is -2.32. The maximum Gasteiger partial charge on any atom is 0.0433 e. The summed E-state index contributed by atoms with van der Waals surface area (Å²) in [5.74, 6) is 0.368. The van der Waals surface area contributed by atoms with Gasteiger partial charge in [0.1, 0.15) is 0 Å². The van der Waals surface area contributed by atoms with E-state index in [-0.39, 0.29) is 0 Å². The molecular formula is C20H22N2. The summed E-state index contributed by atoms with van der Waals surface area (Å²) in [5.41, 5.74) is 6.26. The van der Waals surface area contributed by atoms with Crippen LogP contribution in [0.5, 0.6) is 0 Å². The predicted octanol–water partition coefficient (Wildman–Crippen LogP) is 4.38. The number of fused-ring (bicyclic) bond motifs is 1. The van der Waals surface area contributed by atoms with E-state index in [4.69, 9.17) is 0 Å². The first kappa shape index (κ1) is 14.5. The summed E-state index contributed by atoms with van der Waals surface area (Å²) in [4.78, 5) is 2.31. The Morgan fingerprint density at radius 3 is 2.68 bits per heavy atom. The Balaban J connectivity index is 2.06. The summed E-state index contributed by atoms with van der Waals surface area (Å²) in [6.45, 7) is 9.84. The van der Waals surface area contributed by atoms with Crippen LogP contribution in [0.3, 0.4) is 0 Å². The minimum Gasteiger partial charge on any atom is -0.388 e. The van der Waals surface area contributed by atoms with Crippen molar-refractivity contribution in [1.29, 1.82) is 0 Å². The topological polar surface area (TPSA) is 15.3 Å². The lowest BCUT2D eigenvalue weighted by molar-refractivity contribution is 0.315. The van der Waals surface area contributed by atoms with Crippen LogP contribution in [0.2, 0.25) is 0 Å². The molecule has 2 nitrogen and oxygen atoms in total. The molecular weight excluding hydrogens is 268 g/mol. The number of rotatable bonds is 4. The molecule has 2 aromatic carbocycles. The third kappa shape index (κ3) is 2.64. The zero-order valence-corrected chi connectivity index (χ0v) is 13.0. The molecule has 2 aromatic rings. The van der Waals surface area contributed by atoms with E-state index in [2.05, 4.69) is 71.9 Å². The van der Waals surface area contributed by atoms with Crippen LogP contribution >= 0.6 is 0 Å². The zero-order chi connectivity index (χ0) is 15.5. The van der Waals surface area contributed by atoms with E-state index in [0.29, 0.717) is 5.92 Å². The number of hydrogen-bond acceptors (Lipinski definition) is 2. The van der Waals surface area contributed by atoms with Gasteiger partial charge in [0.05, 0.1) is 0 Å². The number of nitrogens with one attached hydrogen (secondary N) is 1. The van der Waals surface area contributed by atoms with Gasteiger partial charge in [0.15, 0.2) is 0 Å². The first-order valence-corrected chi connectivity index (χ1v) is 7.64. The molecule has 1 unspecified atom stereocenters. The van der Waals surface area contributed by atoms with Gasteiger partial charge in [-0.05, 0) is 34.9 Å². The summed E-state index contributed by atoms with van der Waals surface area (Å²) < 4.78 is 0. The van der Waals surface area contributed by atoms with E-state index >= 15 is 0 Å². The SMILES string of the molecule is C=CC(=C)N1Cc2cc(NC)ccc2C(c2ccccc2)C1. The Hall–Kier alpha value is -2.48. The van der Waals surface area contributed by atoms with Gasteiger partial charge in [-0.1, -0.05) is 49.6 Å². The van der Waals surface area contributed by atoms with E-state index in [1.54, 1.807) is 0 Å². The summed E-state index contributed by atoms with van der Waals surface area (Å²) >= 11 is 0. The van der Waals surface area contributed by atoms with E-state index in [9.17, 15) is 0 Å². The van der Waals surface area contributed by atoms with Gasteiger partial charge in [-0.15, -0.1) is 0 Å². The first-order chi connectivity index (χ1) is 10.7. The van der Waals surface area contributed by atoms with Gasteiger partial charge in [0.25, 0.3) is 0 Å². The Kier molecular flexibility index (Phi) is 4.01. The van der Waals surface area contributed by atoms with Crippen LogP contribution in [0, 0.1) is 0 Å². The third-order valence-corrected chi connectivity index (χ3v) is 4.41. The first-order valence-electron chi connectivity index (χ1n) is 7.64. The second kappa shape index (κ2) is 6.10. The maximum absolute atomic E-state index is 4.13. The number of hydrogen-bond donors (Lipinski definition) is 1. The average molecular weight is 290 g/mol. The van der Waals surface area contributed by atoms with Crippen LogP contribution in [0.1, 0.15) is 22.6 Å². The molecule has 2 heteroatoms. The highest BCUT2D eigenvalue weighted by molar-refractivity contribution is 5.52. The van der Waals surface area contributed by atoms with Crippen molar-refractivity contribution in [2.75, 3.05) is 18.9 Å². The van der Waals surface area contributed by atoms with Gasteiger partial charge < -0.3 is 10.2 Å². The Morgan fingerprint density at radius 1 is 1.23 bits per heavy atom.